The Morgan fingerprint density at radius 2 is 1.82 bits per heavy atom. The van der Waals surface area contributed by atoms with Gasteiger partial charge in [0.2, 0.25) is 0 Å². The van der Waals surface area contributed by atoms with Gasteiger partial charge in [-0.3, -0.25) is 14.9 Å². The minimum Gasteiger partial charge on any atom is -0.294 e. The highest BCUT2D eigenvalue weighted by molar-refractivity contribution is 5.93. The van der Waals surface area contributed by atoms with Crippen molar-refractivity contribution in [3.63, 3.8) is 0 Å². The van der Waals surface area contributed by atoms with Gasteiger partial charge in [-0.25, -0.2) is 0 Å². The number of non-ortho nitro benzene ring substituents is 1. The maximum Gasteiger partial charge on any atom is 0.502 e. The Kier molecular flexibility index (Phi) is 4.26. The first-order valence-electron chi connectivity index (χ1n) is 6.45. The number of Topliss-reactive ketones (excluding diaryl/α,β-unsaturated/α-hetero) is 1. The Balaban J connectivity index is 2.26. The van der Waals surface area contributed by atoms with Gasteiger partial charge in [0.15, 0.2) is 5.78 Å². The number of nitro groups is 1. The van der Waals surface area contributed by atoms with Crippen molar-refractivity contribution in [1.82, 2.24) is 0 Å². The Hall–Kier alpha value is -3.09. The predicted molar refractivity (Wildman–Crippen MR) is 78.9 cm³/mol. The van der Waals surface area contributed by atoms with Crippen LogP contribution in [0.2, 0.25) is 0 Å². The lowest BCUT2D eigenvalue weighted by Gasteiger charge is -2.09. The summed E-state index contributed by atoms with van der Waals surface area (Å²) in [6.45, 7) is 1.42. The minimum atomic E-state index is -0.503. The summed E-state index contributed by atoms with van der Waals surface area (Å²) < 4.78 is 1.29. The van der Waals surface area contributed by atoms with Crippen molar-refractivity contribution in [2.75, 3.05) is 11.9 Å². The summed E-state index contributed by atoms with van der Waals surface area (Å²) in [5.74, 6) is -0.139. The molecule has 0 saturated heterocycles. The van der Waals surface area contributed by atoms with Crippen LogP contribution < -0.4 is 9.47 Å². The lowest BCUT2D eigenvalue weighted by atomic mass is 10.2. The molecule has 112 valence electrons. The smallest absolute Gasteiger partial charge is 0.294 e. The zero-order valence-corrected chi connectivity index (χ0v) is 12.1. The van der Waals surface area contributed by atoms with Gasteiger partial charge in [-0.15, -0.1) is 0 Å². The molecule has 1 aromatic carbocycles. The molecule has 22 heavy (non-hydrogen) atoms. The number of ketones is 1. The molecule has 0 saturated carbocycles. The molecule has 1 heterocycles. The van der Waals surface area contributed by atoms with E-state index in [1.807, 2.05) is 0 Å². The van der Waals surface area contributed by atoms with E-state index in [0.717, 1.165) is 0 Å². The number of hydrogen-bond acceptors (Lipinski definition) is 4. The van der Waals surface area contributed by atoms with Crippen LogP contribution in [0, 0.1) is 10.1 Å². The van der Waals surface area contributed by atoms with E-state index in [1.54, 1.807) is 19.2 Å². The molecule has 0 aliphatic heterocycles. The normalized spacial score (nSPS) is 10.1. The summed E-state index contributed by atoms with van der Waals surface area (Å²) >= 11 is 0. The van der Waals surface area contributed by atoms with E-state index >= 15 is 0 Å². The van der Waals surface area contributed by atoms with E-state index in [9.17, 15) is 19.7 Å². The van der Waals surface area contributed by atoms with E-state index in [0.29, 0.717) is 11.3 Å². The number of aromatic nitrogens is 1. The van der Waals surface area contributed by atoms with E-state index in [-0.39, 0.29) is 17.5 Å². The van der Waals surface area contributed by atoms with Crippen LogP contribution in [0.1, 0.15) is 17.3 Å². The monoisotopic (exact) mass is 300 g/mol. The predicted octanol–water partition coefficient (Wildman–Crippen LogP) is 2.19. The Bertz CT molecular complexity index is 741. The van der Waals surface area contributed by atoms with Crippen LogP contribution in [0.4, 0.5) is 16.2 Å². The second-order valence-electron chi connectivity index (χ2n) is 4.67. The van der Waals surface area contributed by atoms with Crippen LogP contribution in [0.25, 0.3) is 0 Å². The lowest BCUT2D eigenvalue weighted by Crippen LogP contribution is -2.51. The quantitative estimate of drug-likeness (QED) is 0.376. The second-order valence-corrected chi connectivity index (χ2v) is 4.67. The van der Waals surface area contributed by atoms with Gasteiger partial charge >= 0.3 is 6.03 Å². The van der Waals surface area contributed by atoms with Crippen LogP contribution in [0.3, 0.4) is 0 Å². The maximum absolute atomic E-state index is 12.4. The maximum atomic E-state index is 12.4. The van der Waals surface area contributed by atoms with Gasteiger partial charge in [0.1, 0.15) is 11.9 Å². The van der Waals surface area contributed by atoms with Crippen LogP contribution in [-0.2, 0) is 0 Å². The van der Waals surface area contributed by atoms with Crippen LogP contribution in [0.5, 0.6) is 0 Å². The number of amides is 1. The number of rotatable bonds is 3. The number of hydrogen-bond donors (Lipinski definition) is 0. The highest BCUT2D eigenvalue weighted by Gasteiger charge is 2.23. The molecule has 1 amide bonds. The number of anilines is 1. The molecule has 7 nitrogen and oxygen atoms in total. The zero-order valence-electron chi connectivity index (χ0n) is 12.1. The lowest BCUT2D eigenvalue weighted by molar-refractivity contribution is -0.569. The minimum absolute atomic E-state index is 0.0455. The number of pyridine rings is 1. The van der Waals surface area contributed by atoms with Gasteiger partial charge in [-0.05, 0) is 31.2 Å². The molecule has 0 aliphatic rings. The Labute approximate surface area is 126 Å². The molecule has 0 fully saturated rings. The van der Waals surface area contributed by atoms with E-state index in [2.05, 4.69) is 0 Å². The standard InChI is InChI=1S/C15H14N3O4/c1-11(19)12-4-3-9-17(10-12)15(20)16(2)13-5-7-14(8-6-13)18(21)22/h3-10H,1-2H3/q+1. The van der Waals surface area contributed by atoms with Crippen molar-refractivity contribution in [3.05, 3.63) is 64.5 Å². The van der Waals surface area contributed by atoms with Crippen molar-refractivity contribution in [3.8, 4) is 0 Å². The number of carbonyl (C=O) groups excluding carboxylic acids is 2. The molecule has 0 radical (unpaired) electrons. The molecule has 0 spiro atoms. The zero-order chi connectivity index (χ0) is 16.3. The third-order valence-corrected chi connectivity index (χ3v) is 3.16. The molecule has 2 rings (SSSR count). The SMILES string of the molecule is CC(=O)c1ccc[n+](C(=O)N(C)c2ccc([N+](=O)[O-])cc2)c1. The van der Waals surface area contributed by atoms with Gasteiger partial charge in [0.25, 0.3) is 5.69 Å². The number of nitro benzene ring substituents is 1. The molecule has 0 bridgehead atoms. The topological polar surface area (TPSA) is 84.4 Å². The molecule has 0 aliphatic carbocycles. The number of carbonyl (C=O) groups is 2. The molecule has 0 atom stereocenters. The van der Waals surface area contributed by atoms with Crippen LogP contribution in [-0.4, -0.2) is 23.8 Å². The van der Waals surface area contributed by atoms with Crippen LogP contribution in [0.15, 0.2) is 48.8 Å². The van der Waals surface area contributed by atoms with Crippen molar-refractivity contribution in [1.29, 1.82) is 0 Å². The molecule has 0 N–H and O–H groups in total. The number of benzene rings is 1. The average molecular weight is 300 g/mol. The largest absolute Gasteiger partial charge is 0.502 e. The summed E-state index contributed by atoms with van der Waals surface area (Å²) in [5.41, 5.74) is 0.889. The van der Waals surface area contributed by atoms with Crippen LogP contribution >= 0.6 is 0 Å². The summed E-state index contributed by atoms with van der Waals surface area (Å²) in [7, 11) is 1.55. The van der Waals surface area contributed by atoms with Crippen molar-refractivity contribution in [2.24, 2.45) is 0 Å². The fraction of sp³-hybridized carbons (Fsp3) is 0.133. The Morgan fingerprint density at radius 1 is 1.18 bits per heavy atom. The highest BCUT2D eigenvalue weighted by Crippen LogP contribution is 2.18. The highest BCUT2D eigenvalue weighted by atomic mass is 16.6. The first kappa shape index (κ1) is 15.3. The summed E-state index contributed by atoms with van der Waals surface area (Å²) in [4.78, 5) is 35.2. The van der Waals surface area contributed by atoms with Gasteiger partial charge in [-0.1, -0.05) is 0 Å². The summed E-state index contributed by atoms with van der Waals surface area (Å²) in [6, 6.07) is 8.50. The van der Waals surface area contributed by atoms with Gasteiger partial charge in [-0.2, -0.15) is 14.3 Å². The van der Waals surface area contributed by atoms with E-state index in [1.165, 1.54) is 53.0 Å². The molecule has 7 heteroatoms. The van der Waals surface area contributed by atoms with Crippen molar-refractivity contribution < 1.29 is 19.1 Å². The molecule has 2 aromatic rings. The fourth-order valence-corrected chi connectivity index (χ4v) is 1.88. The van der Waals surface area contributed by atoms with Gasteiger partial charge in [0, 0.05) is 12.1 Å². The molecular formula is C15H14N3O4+. The molecular weight excluding hydrogens is 286 g/mol. The molecule has 1 aromatic heterocycles. The average Bonchev–Trinajstić information content (AvgIpc) is 2.53. The van der Waals surface area contributed by atoms with Gasteiger partial charge in [0.05, 0.1) is 23.7 Å². The first-order valence-corrected chi connectivity index (χ1v) is 6.45. The summed E-state index contributed by atoms with van der Waals surface area (Å²) in [5, 5.41) is 10.6. The fourth-order valence-electron chi connectivity index (χ4n) is 1.88. The third-order valence-electron chi connectivity index (χ3n) is 3.16. The van der Waals surface area contributed by atoms with Crippen molar-refractivity contribution in [2.45, 2.75) is 6.92 Å². The Morgan fingerprint density at radius 3 is 2.36 bits per heavy atom. The van der Waals surface area contributed by atoms with Gasteiger partial charge < -0.3 is 0 Å². The first-order chi connectivity index (χ1) is 10.4. The van der Waals surface area contributed by atoms with E-state index in [4.69, 9.17) is 0 Å². The third kappa shape index (κ3) is 3.14. The second kappa shape index (κ2) is 6.13. The van der Waals surface area contributed by atoms with Crippen molar-refractivity contribution >= 4 is 23.2 Å². The van der Waals surface area contributed by atoms with E-state index < -0.39 is 4.92 Å². The number of nitrogens with zero attached hydrogens (tertiary/aromatic N) is 3. The molecule has 0 unspecified atom stereocenters. The summed E-state index contributed by atoms with van der Waals surface area (Å²) in [6.07, 6.45) is 2.99.